The fraction of sp³-hybridized carbons (Fsp3) is 0.400. The summed E-state index contributed by atoms with van der Waals surface area (Å²) in [7, 11) is 0. The molecule has 1 aliphatic heterocycles. The molecule has 0 saturated carbocycles. The Balaban J connectivity index is 1.41. The quantitative estimate of drug-likeness (QED) is 0.599. The Hall–Kier alpha value is -2.21. The first-order valence-corrected chi connectivity index (χ1v) is 9.79. The van der Waals surface area contributed by atoms with E-state index in [2.05, 4.69) is 37.4 Å². The van der Waals surface area contributed by atoms with Crippen molar-refractivity contribution in [1.82, 2.24) is 10.2 Å². The minimum atomic E-state index is -0.274. The van der Waals surface area contributed by atoms with E-state index in [1.54, 1.807) is 29.0 Å². The van der Waals surface area contributed by atoms with E-state index in [1.807, 2.05) is 6.07 Å². The van der Waals surface area contributed by atoms with Gasteiger partial charge in [0.15, 0.2) is 0 Å². The van der Waals surface area contributed by atoms with Gasteiger partial charge in [0.2, 0.25) is 11.8 Å². The lowest BCUT2D eigenvalue weighted by molar-refractivity contribution is -0.129. The average Bonchev–Trinajstić information content (AvgIpc) is 3.25. The second-order valence-corrected chi connectivity index (χ2v) is 7.81. The van der Waals surface area contributed by atoms with Crippen molar-refractivity contribution in [3.63, 3.8) is 0 Å². The predicted molar refractivity (Wildman–Crippen MR) is 102 cm³/mol. The molecule has 0 bridgehead atoms. The SMILES string of the molecule is Cc1ccc(SCCNC(=O)C2CC(=O)N(Cc3ccco3)C2)cc1C. The molecule has 1 atom stereocenters. The van der Waals surface area contributed by atoms with E-state index >= 15 is 0 Å². The summed E-state index contributed by atoms with van der Waals surface area (Å²) >= 11 is 1.73. The van der Waals surface area contributed by atoms with Crippen molar-refractivity contribution >= 4 is 23.6 Å². The number of aryl methyl sites for hydroxylation is 2. The molecule has 1 aliphatic rings. The molecular formula is C20H24N2O3S. The third-order valence-corrected chi connectivity index (χ3v) is 5.66. The summed E-state index contributed by atoms with van der Waals surface area (Å²) in [6, 6.07) is 10.0. The largest absolute Gasteiger partial charge is 0.467 e. The number of carbonyl (C=O) groups is 2. The maximum atomic E-state index is 12.3. The number of rotatable bonds is 7. The number of benzene rings is 1. The lowest BCUT2D eigenvalue weighted by atomic mass is 10.1. The van der Waals surface area contributed by atoms with Crippen molar-refractivity contribution in [1.29, 1.82) is 0 Å². The van der Waals surface area contributed by atoms with Crippen molar-refractivity contribution in [2.45, 2.75) is 31.7 Å². The fourth-order valence-corrected chi connectivity index (χ4v) is 3.85. The van der Waals surface area contributed by atoms with Crippen molar-refractivity contribution in [3.05, 3.63) is 53.5 Å². The highest BCUT2D eigenvalue weighted by atomic mass is 32.2. The van der Waals surface area contributed by atoms with E-state index in [1.165, 1.54) is 16.0 Å². The van der Waals surface area contributed by atoms with Crippen LogP contribution in [0.2, 0.25) is 0 Å². The fourth-order valence-electron chi connectivity index (χ4n) is 2.98. The summed E-state index contributed by atoms with van der Waals surface area (Å²) in [5, 5.41) is 2.96. The number of furan rings is 1. The van der Waals surface area contributed by atoms with Crippen molar-refractivity contribution in [2.24, 2.45) is 5.92 Å². The Morgan fingerprint density at radius 2 is 2.15 bits per heavy atom. The molecular weight excluding hydrogens is 348 g/mol. The van der Waals surface area contributed by atoms with Crippen LogP contribution in [0.15, 0.2) is 45.9 Å². The van der Waals surface area contributed by atoms with Crippen LogP contribution in [0.4, 0.5) is 0 Å². The molecule has 138 valence electrons. The molecule has 2 aromatic rings. The van der Waals surface area contributed by atoms with Gasteiger partial charge in [-0.1, -0.05) is 6.07 Å². The lowest BCUT2D eigenvalue weighted by Gasteiger charge is -2.15. The lowest BCUT2D eigenvalue weighted by Crippen LogP contribution is -2.34. The Bertz CT molecular complexity index is 773. The van der Waals surface area contributed by atoms with Crippen LogP contribution in [0.25, 0.3) is 0 Å². The summed E-state index contributed by atoms with van der Waals surface area (Å²) < 4.78 is 5.28. The summed E-state index contributed by atoms with van der Waals surface area (Å²) in [6.45, 7) is 5.68. The Morgan fingerprint density at radius 3 is 2.88 bits per heavy atom. The van der Waals surface area contributed by atoms with Gasteiger partial charge >= 0.3 is 0 Å². The van der Waals surface area contributed by atoms with Gasteiger partial charge in [0.25, 0.3) is 0 Å². The molecule has 0 aliphatic carbocycles. The maximum Gasteiger partial charge on any atom is 0.225 e. The summed E-state index contributed by atoms with van der Waals surface area (Å²) in [4.78, 5) is 27.3. The topological polar surface area (TPSA) is 62.6 Å². The zero-order valence-corrected chi connectivity index (χ0v) is 16.0. The Morgan fingerprint density at radius 1 is 1.31 bits per heavy atom. The van der Waals surface area contributed by atoms with Gasteiger partial charge in [0.05, 0.1) is 18.7 Å². The van der Waals surface area contributed by atoms with Gasteiger partial charge in [-0.25, -0.2) is 0 Å². The summed E-state index contributed by atoms with van der Waals surface area (Å²) in [6.07, 6.45) is 1.87. The van der Waals surface area contributed by atoms with Gasteiger partial charge in [0, 0.05) is 30.2 Å². The smallest absolute Gasteiger partial charge is 0.225 e. The third kappa shape index (κ3) is 4.69. The van der Waals surface area contributed by atoms with Crippen molar-refractivity contribution in [3.8, 4) is 0 Å². The van der Waals surface area contributed by atoms with E-state index in [4.69, 9.17) is 4.42 Å². The van der Waals surface area contributed by atoms with Gasteiger partial charge in [0.1, 0.15) is 5.76 Å². The van der Waals surface area contributed by atoms with Crippen LogP contribution in [-0.4, -0.2) is 35.6 Å². The monoisotopic (exact) mass is 372 g/mol. The molecule has 2 amide bonds. The van der Waals surface area contributed by atoms with Crippen LogP contribution in [0.1, 0.15) is 23.3 Å². The molecule has 5 nitrogen and oxygen atoms in total. The average molecular weight is 372 g/mol. The minimum absolute atomic E-state index is 0.00561. The van der Waals surface area contributed by atoms with Crippen LogP contribution in [0.3, 0.4) is 0 Å². The van der Waals surface area contributed by atoms with Crippen LogP contribution in [-0.2, 0) is 16.1 Å². The molecule has 0 spiro atoms. The number of hydrogen-bond acceptors (Lipinski definition) is 4. The van der Waals surface area contributed by atoms with Gasteiger partial charge in [-0.2, -0.15) is 0 Å². The van der Waals surface area contributed by atoms with Gasteiger partial charge in [-0.15, -0.1) is 11.8 Å². The standard InChI is InChI=1S/C20H24N2O3S/c1-14-5-6-18(10-15(14)2)26-9-7-21-20(24)16-11-19(23)22(12-16)13-17-4-3-8-25-17/h3-6,8,10,16H,7,9,11-13H2,1-2H3,(H,21,24). The minimum Gasteiger partial charge on any atom is -0.467 e. The second-order valence-electron chi connectivity index (χ2n) is 6.64. The van der Waals surface area contributed by atoms with E-state index < -0.39 is 0 Å². The molecule has 6 heteroatoms. The van der Waals surface area contributed by atoms with Crippen LogP contribution < -0.4 is 5.32 Å². The molecule has 26 heavy (non-hydrogen) atoms. The van der Waals surface area contributed by atoms with Crippen LogP contribution in [0, 0.1) is 19.8 Å². The third-order valence-electron chi connectivity index (χ3n) is 4.66. The van der Waals surface area contributed by atoms with E-state index in [-0.39, 0.29) is 24.2 Å². The number of carbonyl (C=O) groups excluding carboxylic acids is 2. The highest BCUT2D eigenvalue weighted by molar-refractivity contribution is 7.99. The van der Waals surface area contributed by atoms with E-state index in [0.29, 0.717) is 19.6 Å². The second kappa shape index (κ2) is 8.45. The van der Waals surface area contributed by atoms with Gasteiger partial charge < -0.3 is 14.6 Å². The van der Waals surface area contributed by atoms with Crippen molar-refractivity contribution < 1.29 is 14.0 Å². The zero-order chi connectivity index (χ0) is 18.5. The molecule has 1 aromatic heterocycles. The van der Waals surface area contributed by atoms with Crippen molar-refractivity contribution in [2.75, 3.05) is 18.8 Å². The normalized spacial score (nSPS) is 16.9. The molecule has 2 heterocycles. The predicted octanol–water partition coefficient (Wildman–Crippen LogP) is 3.15. The first-order valence-electron chi connectivity index (χ1n) is 8.81. The highest BCUT2D eigenvalue weighted by Gasteiger charge is 2.34. The molecule has 1 unspecified atom stereocenters. The maximum absolute atomic E-state index is 12.3. The summed E-state index contributed by atoms with van der Waals surface area (Å²) in [5.74, 6) is 1.24. The zero-order valence-electron chi connectivity index (χ0n) is 15.2. The number of thioether (sulfide) groups is 1. The number of nitrogens with zero attached hydrogens (tertiary/aromatic N) is 1. The molecule has 1 aromatic carbocycles. The summed E-state index contributed by atoms with van der Waals surface area (Å²) in [5.41, 5.74) is 2.56. The first kappa shape index (κ1) is 18.6. The Labute approximate surface area is 158 Å². The molecule has 1 saturated heterocycles. The van der Waals surface area contributed by atoms with Gasteiger partial charge in [-0.05, 0) is 49.2 Å². The molecule has 3 rings (SSSR count). The number of nitrogens with one attached hydrogen (secondary N) is 1. The molecule has 1 fully saturated rings. The number of likely N-dealkylation sites (tertiary alicyclic amines) is 1. The molecule has 1 N–H and O–H groups in total. The highest BCUT2D eigenvalue weighted by Crippen LogP contribution is 2.22. The van der Waals surface area contributed by atoms with E-state index in [0.717, 1.165) is 11.5 Å². The number of amides is 2. The van der Waals surface area contributed by atoms with Crippen LogP contribution >= 0.6 is 11.8 Å². The van der Waals surface area contributed by atoms with E-state index in [9.17, 15) is 9.59 Å². The van der Waals surface area contributed by atoms with Crippen LogP contribution in [0.5, 0.6) is 0 Å². The number of hydrogen-bond donors (Lipinski definition) is 1. The van der Waals surface area contributed by atoms with Gasteiger partial charge in [-0.3, -0.25) is 9.59 Å². The molecule has 0 radical (unpaired) electrons. The first-order chi connectivity index (χ1) is 12.5. The Kier molecular flexibility index (Phi) is 6.04.